The number of anilines is 1. The number of imidazole rings is 2. The van der Waals surface area contributed by atoms with E-state index in [1.807, 2.05) is 48.7 Å². The maximum absolute atomic E-state index is 12.9. The Morgan fingerprint density at radius 3 is 2.46 bits per heavy atom. The number of alkyl halides is 3. The molecule has 6 aromatic rings. The van der Waals surface area contributed by atoms with Crippen LogP contribution in [0.2, 0.25) is 0 Å². The molecule has 0 aliphatic heterocycles. The fourth-order valence-corrected chi connectivity index (χ4v) is 4.17. The average molecular weight is 528 g/mol. The Labute approximate surface area is 219 Å². The molecule has 6 rings (SSSR count). The monoisotopic (exact) mass is 527 g/mol. The van der Waals surface area contributed by atoms with Gasteiger partial charge in [-0.15, -0.1) is 0 Å². The zero-order valence-corrected chi connectivity index (χ0v) is 20.2. The number of H-pyrrole nitrogens is 1. The van der Waals surface area contributed by atoms with Crippen LogP contribution in [0.15, 0.2) is 97.3 Å². The zero-order chi connectivity index (χ0) is 27.0. The molecule has 0 atom stereocenters. The number of carbonyl (C=O) groups is 1. The van der Waals surface area contributed by atoms with Crippen molar-refractivity contribution < 1.29 is 22.7 Å². The molecule has 0 aliphatic rings. The largest absolute Gasteiger partial charge is 0.489 e. The fraction of sp³-hybridized carbons (Fsp3) is 0.0690. The second kappa shape index (κ2) is 9.64. The Morgan fingerprint density at radius 1 is 0.897 bits per heavy atom. The first kappa shape index (κ1) is 24.2. The number of carbonyl (C=O) groups excluding carboxylic acids is 1. The third-order valence-electron chi connectivity index (χ3n) is 6.16. The fourth-order valence-electron chi connectivity index (χ4n) is 4.17. The molecule has 194 valence electrons. The van der Waals surface area contributed by atoms with Gasteiger partial charge in [-0.2, -0.15) is 13.2 Å². The van der Waals surface area contributed by atoms with E-state index < -0.39 is 17.6 Å². The molecule has 0 unspecified atom stereocenters. The van der Waals surface area contributed by atoms with Crippen LogP contribution >= 0.6 is 0 Å². The molecule has 0 radical (unpaired) electrons. The number of nitrogens with one attached hydrogen (secondary N) is 2. The number of hydrogen-bond donors (Lipinski definition) is 2. The zero-order valence-electron chi connectivity index (χ0n) is 20.2. The van der Waals surface area contributed by atoms with Gasteiger partial charge in [-0.3, -0.25) is 10.1 Å². The lowest BCUT2D eigenvalue weighted by Gasteiger charge is -2.09. The summed E-state index contributed by atoms with van der Waals surface area (Å²) in [6.45, 7) is 0.0948. The van der Waals surface area contributed by atoms with Crippen LogP contribution in [0, 0.1) is 0 Å². The molecule has 1 amide bonds. The second-order valence-corrected chi connectivity index (χ2v) is 8.88. The van der Waals surface area contributed by atoms with Crippen LogP contribution in [0.1, 0.15) is 21.6 Å². The van der Waals surface area contributed by atoms with E-state index in [9.17, 15) is 18.0 Å². The number of fused-ring (bicyclic) bond motifs is 2. The van der Waals surface area contributed by atoms with Crippen molar-refractivity contribution in [1.29, 1.82) is 0 Å². The summed E-state index contributed by atoms with van der Waals surface area (Å²) >= 11 is 0. The molecule has 10 heteroatoms. The number of benzene rings is 3. The Hall–Kier alpha value is -5.12. The highest BCUT2D eigenvalue weighted by Crippen LogP contribution is 2.29. The van der Waals surface area contributed by atoms with Crippen molar-refractivity contribution in [2.75, 3.05) is 5.32 Å². The van der Waals surface area contributed by atoms with E-state index in [1.54, 1.807) is 28.8 Å². The van der Waals surface area contributed by atoms with Crippen molar-refractivity contribution in [3.8, 4) is 16.9 Å². The Bertz CT molecular complexity index is 1790. The minimum Gasteiger partial charge on any atom is -0.489 e. The molecule has 3 aromatic carbocycles. The molecule has 0 saturated heterocycles. The SMILES string of the molecule is O=C(Nc1nc2cc(OCc3ccc(C(F)(F)F)cc3)ccc2[nH]1)c1cn2cc(-c3ccccc3)ccc2n1. The molecule has 39 heavy (non-hydrogen) atoms. The predicted molar refractivity (Wildman–Crippen MR) is 140 cm³/mol. The van der Waals surface area contributed by atoms with Crippen LogP contribution in [0.25, 0.3) is 27.8 Å². The predicted octanol–water partition coefficient (Wildman–Crippen LogP) is 6.73. The molecule has 3 heterocycles. The van der Waals surface area contributed by atoms with E-state index in [-0.39, 0.29) is 18.2 Å². The van der Waals surface area contributed by atoms with Crippen molar-refractivity contribution in [2.24, 2.45) is 0 Å². The number of ether oxygens (including phenoxy) is 1. The lowest BCUT2D eigenvalue weighted by atomic mass is 10.1. The van der Waals surface area contributed by atoms with Gasteiger partial charge in [0.2, 0.25) is 5.95 Å². The van der Waals surface area contributed by atoms with Gasteiger partial charge in [0, 0.05) is 18.5 Å². The maximum atomic E-state index is 12.9. The van der Waals surface area contributed by atoms with Gasteiger partial charge in [0.05, 0.1) is 16.6 Å². The number of amides is 1. The number of aromatic nitrogens is 4. The lowest BCUT2D eigenvalue weighted by molar-refractivity contribution is -0.137. The molecule has 3 aromatic heterocycles. The first-order valence-electron chi connectivity index (χ1n) is 12.0. The van der Waals surface area contributed by atoms with Crippen LogP contribution in [0.4, 0.5) is 19.1 Å². The molecule has 0 aliphatic carbocycles. The van der Waals surface area contributed by atoms with Gasteiger partial charge >= 0.3 is 6.18 Å². The summed E-state index contributed by atoms with van der Waals surface area (Å²) in [6, 6.07) is 23.7. The van der Waals surface area contributed by atoms with Crippen LogP contribution in [0.5, 0.6) is 5.75 Å². The molecule has 0 bridgehead atoms. The minimum atomic E-state index is -4.38. The normalized spacial score (nSPS) is 11.7. The van der Waals surface area contributed by atoms with Gasteiger partial charge in [-0.25, -0.2) is 9.97 Å². The highest BCUT2D eigenvalue weighted by Gasteiger charge is 2.29. The van der Waals surface area contributed by atoms with E-state index in [2.05, 4.69) is 20.3 Å². The Balaban J connectivity index is 1.14. The van der Waals surface area contributed by atoms with Crippen molar-refractivity contribution in [3.63, 3.8) is 0 Å². The number of rotatable bonds is 6. The van der Waals surface area contributed by atoms with Gasteiger partial charge in [0.15, 0.2) is 0 Å². The van der Waals surface area contributed by atoms with Crippen molar-refractivity contribution >= 4 is 28.5 Å². The van der Waals surface area contributed by atoms with Crippen molar-refractivity contribution in [3.05, 3.63) is 114 Å². The smallest absolute Gasteiger partial charge is 0.416 e. The topological polar surface area (TPSA) is 84.3 Å². The third-order valence-corrected chi connectivity index (χ3v) is 6.16. The number of halogens is 3. The van der Waals surface area contributed by atoms with Gasteiger partial charge in [0.1, 0.15) is 23.7 Å². The van der Waals surface area contributed by atoms with Gasteiger partial charge < -0.3 is 14.1 Å². The highest BCUT2D eigenvalue weighted by molar-refractivity contribution is 6.03. The van der Waals surface area contributed by atoms with E-state index in [1.165, 1.54) is 12.1 Å². The van der Waals surface area contributed by atoms with Gasteiger partial charge in [-0.1, -0.05) is 42.5 Å². The molecule has 0 saturated carbocycles. The molecule has 7 nitrogen and oxygen atoms in total. The molecular weight excluding hydrogens is 507 g/mol. The summed E-state index contributed by atoms with van der Waals surface area (Å²) < 4.78 is 45.8. The number of nitrogens with zero attached hydrogens (tertiary/aromatic N) is 3. The van der Waals surface area contributed by atoms with Crippen molar-refractivity contribution in [2.45, 2.75) is 12.8 Å². The van der Waals surface area contributed by atoms with Crippen LogP contribution in [0.3, 0.4) is 0 Å². The quantitative estimate of drug-likeness (QED) is 0.252. The first-order valence-corrected chi connectivity index (χ1v) is 12.0. The highest BCUT2D eigenvalue weighted by atomic mass is 19.4. The molecular formula is C29H20F3N5O2. The molecule has 0 spiro atoms. The summed E-state index contributed by atoms with van der Waals surface area (Å²) in [5.41, 5.74) is 4.05. The van der Waals surface area contributed by atoms with E-state index in [0.717, 1.165) is 23.3 Å². The summed E-state index contributed by atoms with van der Waals surface area (Å²) in [5.74, 6) is 0.316. The Morgan fingerprint density at radius 2 is 1.69 bits per heavy atom. The van der Waals surface area contributed by atoms with E-state index in [0.29, 0.717) is 28.0 Å². The summed E-state index contributed by atoms with van der Waals surface area (Å²) in [5, 5.41) is 2.74. The second-order valence-electron chi connectivity index (χ2n) is 8.88. The number of pyridine rings is 1. The van der Waals surface area contributed by atoms with Crippen LogP contribution in [-0.4, -0.2) is 25.3 Å². The van der Waals surface area contributed by atoms with Crippen LogP contribution < -0.4 is 10.1 Å². The number of hydrogen-bond acceptors (Lipinski definition) is 4. The van der Waals surface area contributed by atoms with Gasteiger partial charge in [-0.05, 0) is 53.1 Å². The van der Waals surface area contributed by atoms with E-state index in [4.69, 9.17) is 4.74 Å². The standard InChI is InChI=1S/C29H20F3N5O2/c30-29(31,32)21-9-6-18(7-10-21)17-39-22-11-12-23-24(14-22)35-28(34-23)36-27(38)25-16-37-15-20(8-13-26(37)33-25)19-4-2-1-3-5-19/h1-16H,17H2,(H2,34,35,36,38). The van der Waals surface area contributed by atoms with E-state index >= 15 is 0 Å². The number of aromatic amines is 1. The summed E-state index contributed by atoms with van der Waals surface area (Å²) in [6.07, 6.45) is -0.802. The average Bonchev–Trinajstić information content (AvgIpc) is 3.55. The van der Waals surface area contributed by atoms with Crippen molar-refractivity contribution in [1.82, 2.24) is 19.4 Å². The summed E-state index contributed by atoms with van der Waals surface area (Å²) in [7, 11) is 0. The lowest BCUT2D eigenvalue weighted by Crippen LogP contribution is -2.13. The van der Waals surface area contributed by atoms with Gasteiger partial charge in [0.25, 0.3) is 5.91 Å². The molecule has 0 fully saturated rings. The maximum Gasteiger partial charge on any atom is 0.416 e. The summed E-state index contributed by atoms with van der Waals surface area (Å²) in [4.78, 5) is 24.8. The minimum absolute atomic E-state index is 0.0948. The third kappa shape index (κ3) is 5.17. The molecule has 2 N–H and O–H groups in total. The first-order chi connectivity index (χ1) is 18.8. The van der Waals surface area contributed by atoms with Crippen LogP contribution in [-0.2, 0) is 12.8 Å². The Kier molecular flexibility index (Phi) is 5.99.